The fourth-order valence-corrected chi connectivity index (χ4v) is 4.56. The van der Waals surface area contributed by atoms with Crippen molar-refractivity contribution in [3.8, 4) is 0 Å². The number of hydrogen-bond acceptors (Lipinski definition) is 4. The van der Waals surface area contributed by atoms with E-state index in [0.717, 1.165) is 12.1 Å². The number of piperidine rings is 1. The number of nitrogens with one attached hydrogen (secondary N) is 2. The summed E-state index contributed by atoms with van der Waals surface area (Å²) in [4.78, 5) is 50.5. The van der Waals surface area contributed by atoms with Crippen LogP contribution in [0.1, 0.15) is 39.9 Å². The molecule has 1 saturated heterocycles. The molecule has 0 bridgehead atoms. The van der Waals surface area contributed by atoms with Crippen molar-refractivity contribution in [3.63, 3.8) is 0 Å². The summed E-state index contributed by atoms with van der Waals surface area (Å²) in [5.41, 5.74) is 2.57. The van der Waals surface area contributed by atoms with Crippen molar-refractivity contribution < 1.29 is 28.0 Å². The van der Waals surface area contributed by atoms with E-state index in [9.17, 15) is 28.0 Å². The zero-order valence-corrected chi connectivity index (χ0v) is 19.3. The molecular weight excluding hydrogens is 465 g/mol. The molecule has 0 aliphatic carbocycles. The van der Waals surface area contributed by atoms with Gasteiger partial charge in [-0.1, -0.05) is 40.7 Å². The van der Waals surface area contributed by atoms with E-state index in [-0.39, 0.29) is 42.8 Å². The quantitative estimate of drug-likeness (QED) is 0.421. The Bertz CT molecular complexity index is 1220. The molecular formula is C22H20B2ClF2N3O4. The number of carbonyl (C=O) groups excluding carboxylic acids is 4. The van der Waals surface area contributed by atoms with Gasteiger partial charge < -0.3 is 10.2 Å². The topological polar surface area (TPSA) is 95.6 Å². The van der Waals surface area contributed by atoms with Gasteiger partial charge in [0.15, 0.2) is 0 Å². The van der Waals surface area contributed by atoms with Gasteiger partial charge in [-0.3, -0.25) is 24.5 Å². The second kappa shape index (κ2) is 8.87. The van der Waals surface area contributed by atoms with Crippen molar-refractivity contribution in [2.45, 2.75) is 37.9 Å². The number of nitrogens with zero attached hydrogens (tertiary/aromatic N) is 1. The van der Waals surface area contributed by atoms with Gasteiger partial charge in [-0.25, -0.2) is 0 Å². The second-order valence-electron chi connectivity index (χ2n) is 8.50. The number of hydrogen-bond donors (Lipinski definition) is 2. The van der Waals surface area contributed by atoms with Crippen molar-refractivity contribution in [2.75, 3.05) is 0 Å². The molecule has 2 aromatic rings. The number of alkyl halides is 2. The van der Waals surface area contributed by atoms with Gasteiger partial charge in [0.05, 0.1) is 0 Å². The Kier molecular flexibility index (Phi) is 6.24. The van der Waals surface area contributed by atoms with E-state index in [4.69, 9.17) is 11.6 Å². The number of fused-ring (bicyclic) bond motifs is 1. The summed E-state index contributed by atoms with van der Waals surface area (Å²) in [6.07, 6.45) is 0.388. The molecule has 1 atom stereocenters. The third-order valence-electron chi connectivity index (χ3n) is 6.34. The van der Waals surface area contributed by atoms with Crippen LogP contribution in [-0.2, 0) is 33.4 Å². The van der Waals surface area contributed by atoms with Crippen LogP contribution in [0.15, 0.2) is 30.3 Å². The van der Waals surface area contributed by atoms with Gasteiger partial charge in [0.2, 0.25) is 11.8 Å². The molecule has 2 aliphatic rings. The maximum absolute atomic E-state index is 14.6. The molecule has 2 heterocycles. The Morgan fingerprint density at radius 2 is 1.88 bits per heavy atom. The minimum absolute atomic E-state index is 0.146. The molecule has 0 saturated carbocycles. The van der Waals surface area contributed by atoms with Crippen LogP contribution in [0.4, 0.5) is 8.78 Å². The number of benzene rings is 2. The largest absolute Gasteiger partial charge is 0.349 e. The molecule has 4 amide bonds. The highest BCUT2D eigenvalue weighted by molar-refractivity contribution is 6.41. The highest BCUT2D eigenvalue weighted by atomic mass is 35.5. The molecule has 2 aromatic carbocycles. The summed E-state index contributed by atoms with van der Waals surface area (Å²) in [5, 5.41) is 4.83. The van der Waals surface area contributed by atoms with Crippen LogP contribution in [0.25, 0.3) is 0 Å². The van der Waals surface area contributed by atoms with E-state index in [1.807, 2.05) is 0 Å². The summed E-state index contributed by atoms with van der Waals surface area (Å²) < 4.78 is 29.2. The first-order valence-corrected chi connectivity index (χ1v) is 11.1. The van der Waals surface area contributed by atoms with Crippen molar-refractivity contribution in [3.05, 3.63) is 57.6 Å². The van der Waals surface area contributed by atoms with Crippen LogP contribution in [-0.4, -0.2) is 50.3 Å². The molecule has 12 heteroatoms. The minimum atomic E-state index is -3.75. The fourth-order valence-electron chi connectivity index (χ4n) is 4.43. The fraction of sp³-hybridized carbons (Fsp3) is 0.273. The van der Waals surface area contributed by atoms with E-state index >= 15 is 0 Å². The lowest BCUT2D eigenvalue weighted by Crippen LogP contribution is -2.52. The lowest BCUT2D eigenvalue weighted by atomic mass is 9.77. The van der Waals surface area contributed by atoms with E-state index in [1.165, 1.54) is 17.0 Å². The molecule has 1 fully saturated rings. The SMILES string of the molecule is Bc1cc(CNC(=O)C(F)(F)c2ccc(Cl)cc2)c(B)c2c1C(=O)N(C1CCC(=O)NC1=O)C2. The van der Waals surface area contributed by atoms with Gasteiger partial charge in [0.1, 0.15) is 21.7 Å². The van der Waals surface area contributed by atoms with E-state index in [0.29, 0.717) is 27.6 Å². The first kappa shape index (κ1) is 23.9. The predicted molar refractivity (Wildman–Crippen MR) is 126 cm³/mol. The minimum Gasteiger partial charge on any atom is -0.346 e. The van der Waals surface area contributed by atoms with Crippen LogP contribution in [0.2, 0.25) is 5.02 Å². The van der Waals surface area contributed by atoms with Crippen LogP contribution in [0, 0.1) is 0 Å². The lowest BCUT2D eigenvalue weighted by Gasteiger charge is -2.29. The van der Waals surface area contributed by atoms with E-state index in [2.05, 4.69) is 10.6 Å². The second-order valence-corrected chi connectivity index (χ2v) is 8.93. The third-order valence-corrected chi connectivity index (χ3v) is 6.59. The van der Waals surface area contributed by atoms with Gasteiger partial charge in [0, 0.05) is 35.7 Å². The Morgan fingerprint density at radius 1 is 1.21 bits per heavy atom. The molecule has 2 aliphatic heterocycles. The van der Waals surface area contributed by atoms with Crippen molar-refractivity contribution in [1.82, 2.24) is 15.5 Å². The highest BCUT2D eigenvalue weighted by Crippen LogP contribution is 2.30. The van der Waals surface area contributed by atoms with Crippen LogP contribution >= 0.6 is 11.6 Å². The van der Waals surface area contributed by atoms with Crippen molar-refractivity contribution in [2.24, 2.45) is 0 Å². The van der Waals surface area contributed by atoms with Crippen LogP contribution in [0.3, 0.4) is 0 Å². The zero-order valence-electron chi connectivity index (χ0n) is 18.5. The smallest absolute Gasteiger partial charge is 0.346 e. The first-order chi connectivity index (χ1) is 16.0. The molecule has 0 aromatic heterocycles. The molecule has 0 spiro atoms. The Morgan fingerprint density at radius 3 is 2.53 bits per heavy atom. The van der Waals surface area contributed by atoms with Gasteiger partial charge in [-0.2, -0.15) is 8.78 Å². The molecule has 2 N–H and O–H groups in total. The normalized spacial score (nSPS) is 18.0. The molecule has 4 rings (SSSR count). The molecule has 1 unspecified atom stereocenters. The van der Waals surface area contributed by atoms with Crippen LogP contribution < -0.4 is 21.6 Å². The van der Waals surface area contributed by atoms with Gasteiger partial charge in [-0.15, -0.1) is 0 Å². The summed E-state index contributed by atoms with van der Waals surface area (Å²) in [6, 6.07) is 5.71. The van der Waals surface area contributed by atoms with E-state index in [1.54, 1.807) is 21.8 Å². The monoisotopic (exact) mass is 485 g/mol. The average molecular weight is 485 g/mol. The summed E-state index contributed by atoms with van der Waals surface area (Å²) in [5.74, 6) is -6.39. The number of carbonyl (C=O) groups is 4. The summed E-state index contributed by atoms with van der Waals surface area (Å²) >= 11 is 5.74. The first-order valence-electron chi connectivity index (χ1n) is 10.7. The van der Waals surface area contributed by atoms with Crippen molar-refractivity contribution in [1.29, 1.82) is 0 Å². The molecule has 0 radical (unpaired) electrons. The Hall–Kier alpha value is -3.20. The maximum atomic E-state index is 14.6. The van der Waals surface area contributed by atoms with Gasteiger partial charge in [0.25, 0.3) is 11.8 Å². The molecule has 7 nitrogen and oxygen atoms in total. The summed E-state index contributed by atoms with van der Waals surface area (Å²) in [7, 11) is 3.47. The average Bonchev–Trinajstić information content (AvgIpc) is 3.13. The zero-order chi connectivity index (χ0) is 24.8. The molecule has 34 heavy (non-hydrogen) atoms. The van der Waals surface area contributed by atoms with Crippen molar-refractivity contribution >= 4 is 61.8 Å². The van der Waals surface area contributed by atoms with Crippen LogP contribution in [0.5, 0.6) is 0 Å². The highest BCUT2D eigenvalue weighted by Gasteiger charge is 2.42. The number of halogens is 3. The standard InChI is InChI=1S/C22H20B2ClF2N3O4/c23-14-7-10(8-28-21(34)22(26,27)11-1-3-12(25)4-2-11)18(24)13-9-30(20(33)17(13)14)15-5-6-16(31)29-19(15)32/h1-4,7,15H,5-6,8-9,23-24H2,(H,28,34)(H,29,31,32). The van der Waals surface area contributed by atoms with Gasteiger partial charge in [-0.05, 0) is 29.7 Å². The van der Waals surface area contributed by atoms with E-state index < -0.39 is 29.3 Å². The summed E-state index contributed by atoms with van der Waals surface area (Å²) in [6.45, 7) is 0.00438. The maximum Gasteiger partial charge on any atom is 0.349 e. The number of imide groups is 1. The number of rotatable bonds is 5. The Balaban J connectivity index is 1.53. The number of amides is 4. The van der Waals surface area contributed by atoms with Gasteiger partial charge >= 0.3 is 5.92 Å². The molecule has 174 valence electrons. The third kappa shape index (κ3) is 4.20. The predicted octanol–water partition coefficient (Wildman–Crippen LogP) is -0.974. The lowest BCUT2D eigenvalue weighted by molar-refractivity contribution is -0.147. The Labute approximate surface area is 201 Å².